The van der Waals surface area contributed by atoms with Crippen LogP contribution in [0.4, 0.5) is 17.6 Å². The second kappa shape index (κ2) is 18.9. The Morgan fingerprint density at radius 2 is 1.00 bits per heavy atom. The van der Waals surface area contributed by atoms with Gasteiger partial charge in [0.25, 0.3) is 0 Å². The zero-order chi connectivity index (χ0) is 36.6. The fourth-order valence-corrected chi connectivity index (χ4v) is 4.05. The van der Waals surface area contributed by atoms with Gasteiger partial charge in [0.15, 0.2) is 0 Å². The number of alkyl halides is 4. The number of benzene rings is 3. The topological polar surface area (TPSA) is 71.1 Å². The predicted molar refractivity (Wildman–Crippen MR) is 181 cm³/mol. The minimum absolute atomic E-state index is 0.265. The highest BCUT2D eigenvalue weighted by atomic mass is 19.3. The van der Waals surface area contributed by atoms with Gasteiger partial charge < -0.3 is 18.9 Å². The molecule has 0 aliphatic rings. The Kier molecular flexibility index (Phi) is 14.7. The summed E-state index contributed by atoms with van der Waals surface area (Å²) in [7, 11) is 0. The average molecular weight is 691 g/mol. The first-order valence-corrected chi connectivity index (χ1v) is 15.8. The monoisotopic (exact) mass is 690 g/mol. The lowest BCUT2D eigenvalue weighted by Crippen LogP contribution is -2.23. The van der Waals surface area contributed by atoms with Crippen molar-refractivity contribution in [1.82, 2.24) is 0 Å². The van der Waals surface area contributed by atoms with E-state index in [1.165, 1.54) is 66.7 Å². The summed E-state index contributed by atoms with van der Waals surface area (Å²) in [4.78, 5) is 22.7. The summed E-state index contributed by atoms with van der Waals surface area (Å²) >= 11 is 0. The number of hydrogen-bond donors (Lipinski definition) is 0. The van der Waals surface area contributed by atoms with Crippen LogP contribution in [0.2, 0.25) is 0 Å². The van der Waals surface area contributed by atoms with Gasteiger partial charge in [0.05, 0.1) is 24.3 Å². The van der Waals surface area contributed by atoms with Crippen LogP contribution in [-0.2, 0) is 31.3 Å². The van der Waals surface area contributed by atoms with Crippen molar-refractivity contribution in [3.8, 4) is 35.2 Å². The molecular formula is C40H38F4O6. The third kappa shape index (κ3) is 13.2. The van der Waals surface area contributed by atoms with Gasteiger partial charge in [-0.3, -0.25) is 0 Å². The Bertz CT molecular complexity index is 1630. The van der Waals surface area contributed by atoms with Crippen molar-refractivity contribution in [2.75, 3.05) is 13.2 Å². The van der Waals surface area contributed by atoms with E-state index in [-0.39, 0.29) is 24.7 Å². The van der Waals surface area contributed by atoms with Crippen LogP contribution in [0.15, 0.2) is 97.1 Å². The fourth-order valence-electron chi connectivity index (χ4n) is 4.05. The van der Waals surface area contributed by atoms with E-state index in [1.54, 1.807) is 13.8 Å². The molecule has 0 radical (unpaired) electrons. The lowest BCUT2D eigenvalue weighted by Gasteiger charge is -2.21. The van der Waals surface area contributed by atoms with Gasteiger partial charge >= 0.3 is 24.2 Å². The summed E-state index contributed by atoms with van der Waals surface area (Å²) in [5, 5.41) is 0. The van der Waals surface area contributed by atoms with Gasteiger partial charge in [-0.25, -0.2) is 9.59 Å². The van der Waals surface area contributed by atoms with Crippen LogP contribution in [0.5, 0.6) is 11.5 Å². The van der Waals surface area contributed by atoms with Crippen molar-refractivity contribution in [3.05, 3.63) is 119 Å². The van der Waals surface area contributed by atoms with Gasteiger partial charge in [-0.1, -0.05) is 42.9 Å². The Hall–Kier alpha value is -5.48. The molecule has 0 aromatic heterocycles. The maximum absolute atomic E-state index is 15.0. The molecule has 3 aromatic carbocycles. The predicted octanol–water partition coefficient (Wildman–Crippen LogP) is 9.23. The maximum Gasteiger partial charge on any atom is 0.426 e. The summed E-state index contributed by atoms with van der Waals surface area (Å²) < 4.78 is 79.7. The Labute approximate surface area is 290 Å². The minimum atomic E-state index is -3.78. The molecule has 0 fully saturated rings. The van der Waals surface area contributed by atoms with Gasteiger partial charge in [0.1, 0.15) is 11.5 Å². The molecule has 6 nitrogen and oxygen atoms in total. The van der Waals surface area contributed by atoms with Crippen LogP contribution >= 0.6 is 0 Å². The van der Waals surface area contributed by atoms with Gasteiger partial charge in [-0.2, -0.15) is 17.6 Å². The van der Waals surface area contributed by atoms with Crippen molar-refractivity contribution >= 4 is 11.9 Å². The first-order chi connectivity index (χ1) is 23.8. The van der Waals surface area contributed by atoms with Crippen LogP contribution in [0, 0.1) is 23.7 Å². The number of hydrogen-bond acceptors (Lipinski definition) is 6. The van der Waals surface area contributed by atoms with E-state index in [1.807, 2.05) is 0 Å². The molecule has 0 atom stereocenters. The van der Waals surface area contributed by atoms with Crippen molar-refractivity contribution in [2.45, 2.75) is 64.6 Å². The first kappa shape index (κ1) is 39.0. The highest BCUT2D eigenvalue weighted by molar-refractivity contribution is 5.87. The zero-order valence-corrected chi connectivity index (χ0v) is 28.0. The molecule has 0 N–H and O–H groups in total. The molecule has 0 saturated heterocycles. The highest BCUT2D eigenvalue weighted by Crippen LogP contribution is 2.36. The zero-order valence-electron chi connectivity index (χ0n) is 28.0. The van der Waals surface area contributed by atoms with Gasteiger partial charge in [0.2, 0.25) is 0 Å². The van der Waals surface area contributed by atoms with Crippen LogP contribution < -0.4 is 9.47 Å². The molecule has 0 aliphatic heterocycles. The van der Waals surface area contributed by atoms with Crippen molar-refractivity contribution < 1.29 is 46.1 Å². The van der Waals surface area contributed by atoms with E-state index in [4.69, 9.17) is 18.9 Å². The largest absolute Gasteiger partial charge is 0.462 e. The SMILES string of the molecule is C=C(C)C(=O)OCCCCC#Cc1ccc(C(F)(F)Oc2cccc(OC(F)(F)c3ccc(C#CCCCCOC(=O)C(=C)C)cc3)c2)cc1. The number of rotatable bonds is 16. The van der Waals surface area contributed by atoms with Crippen LogP contribution in [0.3, 0.4) is 0 Å². The van der Waals surface area contributed by atoms with E-state index in [0.29, 0.717) is 60.8 Å². The van der Waals surface area contributed by atoms with Crippen LogP contribution in [0.1, 0.15) is 74.6 Å². The number of ether oxygens (including phenoxy) is 4. The lowest BCUT2D eigenvalue weighted by atomic mass is 10.1. The van der Waals surface area contributed by atoms with Crippen molar-refractivity contribution in [3.63, 3.8) is 0 Å². The minimum Gasteiger partial charge on any atom is -0.462 e. The maximum atomic E-state index is 15.0. The van der Waals surface area contributed by atoms with E-state index in [9.17, 15) is 27.2 Å². The lowest BCUT2D eigenvalue weighted by molar-refractivity contribution is -0.188. The number of carbonyl (C=O) groups excluding carboxylic acids is 2. The molecule has 0 amide bonds. The Morgan fingerprint density at radius 1 is 0.620 bits per heavy atom. The molecule has 3 aromatic rings. The normalized spacial score (nSPS) is 10.8. The third-order valence-corrected chi connectivity index (χ3v) is 6.76. The summed E-state index contributed by atoms with van der Waals surface area (Å²) in [5.74, 6) is 10.1. The van der Waals surface area contributed by atoms with E-state index in [0.717, 1.165) is 6.07 Å². The molecule has 3 rings (SSSR count). The average Bonchev–Trinajstić information content (AvgIpc) is 3.07. The van der Waals surface area contributed by atoms with Gasteiger partial charge in [-0.15, -0.1) is 0 Å². The van der Waals surface area contributed by atoms with Crippen LogP contribution in [0.25, 0.3) is 0 Å². The van der Waals surface area contributed by atoms with Crippen molar-refractivity contribution in [1.29, 1.82) is 0 Å². The van der Waals surface area contributed by atoms with E-state index < -0.39 is 35.3 Å². The molecule has 0 bridgehead atoms. The molecule has 262 valence electrons. The second-order valence-corrected chi connectivity index (χ2v) is 11.2. The standard InChI is InChI=1S/C40H38F4O6/c1-29(2)37(45)47-26-11-7-5-9-14-31-18-22-33(23-19-31)39(41,42)49-35-16-13-17-36(28-35)50-40(43,44)34-24-20-32(21-25-34)15-10-6-8-12-27-48-38(46)30(3)4/h13,16-25,28H,1,3,5-8,11-12,26-27H2,2,4H3. The number of esters is 2. The number of halogens is 4. The molecular weight excluding hydrogens is 652 g/mol. The molecule has 0 heterocycles. The second-order valence-electron chi connectivity index (χ2n) is 11.2. The first-order valence-electron chi connectivity index (χ1n) is 15.8. The van der Waals surface area contributed by atoms with Crippen molar-refractivity contribution in [2.24, 2.45) is 0 Å². The molecule has 0 saturated carbocycles. The summed E-state index contributed by atoms with van der Waals surface area (Å²) in [6.07, 6.45) is -3.84. The van der Waals surface area contributed by atoms with Gasteiger partial charge in [0, 0.05) is 41.2 Å². The number of unbranched alkanes of at least 4 members (excludes halogenated alkanes) is 4. The molecule has 50 heavy (non-hydrogen) atoms. The molecule has 10 heteroatoms. The summed E-state index contributed by atoms with van der Waals surface area (Å²) in [6, 6.07) is 15.1. The highest BCUT2D eigenvalue weighted by Gasteiger charge is 2.36. The fraction of sp³-hybridized carbons (Fsp3) is 0.300. The molecule has 0 unspecified atom stereocenters. The smallest absolute Gasteiger partial charge is 0.426 e. The quantitative estimate of drug-likeness (QED) is 0.0491. The third-order valence-electron chi connectivity index (χ3n) is 6.76. The Morgan fingerprint density at radius 3 is 1.36 bits per heavy atom. The summed E-state index contributed by atoms with van der Waals surface area (Å²) in [6.45, 7) is 10.7. The number of carbonyl (C=O) groups is 2. The van der Waals surface area contributed by atoms with E-state index >= 15 is 0 Å². The molecule has 0 aliphatic carbocycles. The van der Waals surface area contributed by atoms with E-state index in [2.05, 4.69) is 36.8 Å². The van der Waals surface area contributed by atoms with Crippen LogP contribution in [-0.4, -0.2) is 25.2 Å². The molecule has 0 spiro atoms. The Balaban J connectivity index is 1.50. The summed E-state index contributed by atoms with van der Waals surface area (Å²) in [5.41, 5.74) is 0.802. The van der Waals surface area contributed by atoms with Gasteiger partial charge in [-0.05, 0) is 100 Å².